The highest BCUT2D eigenvalue weighted by atomic mass is 16.2. The number of hydrogen-bond donors (Lipinski definition) is 1. The first-order valence-corrected chi connectivity index (χ1v) is 6.89. The van der Waals surface area contributed by atoms with Crippen LogP contribution < -0.4 is 10.9 Å². The molecule has 0 saturated heterocycles. The Morgan fingerprint density at radius 3 is 2.90 bits per heavy atom. The average molecular weight is 285 g/mol. The van der Waals surface area contributed by atoms with Crippen molar-refractivity contribution in [3.63, 3.8) is 0 Å². The van der Waals surface area contributed by atoms with Gasteiger partial charge in [-0.1, -0.05) is 0 Å². The molecule has 7 nitrogen and oxygen atoms in total. The molecule has 0 aromatic carbocycles. The Balaban J connectivity index is 1.61. The van der Waals surface area contributed by atoms with Gasteiger partial charge in [-0.2, -0.15) is 5.10 Å². The highest BCUT2D eigenvalue weighted by molar-refractivity contribution is 5.90. The van der Waals surface area contributed by atoms with Crippen molar-refractivity contribution >= 4 is 5.91 Å². The molecule has 0 spiro atoms. The number of carbonyl (C=O) groups excluding carboxylic acids is 1. The third-order valence-corrected chi connectivity index (χ3v) is 3.40. The van der Waals surface area contributed by atoms with Gasteiger partial charge in [-0.25, -0.2) is 14.6 Å². The molecule has 0 fully saturated rings. The zero-order valence-electron chi connectivity index (χ0n) is 11.5. The van der Waals surface area contributed by atoms with E-state index in [1.54, 1.807) is 12.1 Å². The van der Waals surface area contributed by atoms with E-state index < -0.39 is 0 Å². The first-order valence-electron chi connectivity index (χ1n) is 6.89. The molecular formula is C14H15N5O2. The maximum atomic E-state index is 11.9. The predicted octanol–water partition coefficient (Wildman–Crippen LogP) is -0.0480. The fraction of sp³-hybridized carbons (Fsp3) is 0.357. The largest absolute Gasteiger partial charge is 0.347 e. The second-order valence-corrected chi connectivity index (χ2v) is 4.86. The lowest BCUT2D eigenvalue weighted by molar-refractivity contribution is 0.0941. The summed E-state index contributed by atoms with van der Waals surface area (Å²) in [5, 5.41) is 7.02. The Morgan fingerprint density at radius 2 is 2.10 bits per heavy atom. The molecule has 21 heavy (non-hydrogen) atoms. The van der Waals surface area contributed by atoms with Gasteiger partial charge in [-0.3, -0.25) is 9.59 Å². The van der Waals surface area contributed by atoms with Crippen molar-refractivity contribution < 1.29 is 4.79 Å². The molecule has 3 rings (SSSR count). The summed E-state index contributed by atoms with van der Waals surface area (Å²) in [7, 11) is 0. The number of rotatable bonds is 4. The molecule has 1 N–H and O–H groups in total. The van der Waals surface area contributed by atoms with Crippen LogP contribution in [-0.4, -0.2) is 32.2 Å². The van der Waals surface area contributed by atoms with Crippen LogP contribution in [0, 0.1) is 0 Å². The molecule has 7 heteroatoms. The normalized spacial score (nSPS) is 13.0. The zero-order valence-corrected chi connectivity index (χ0v) is 11.5. The van der Waals surface area contributed by atoms with Crippen LogP contribution in [0.4, 0.5) is 0 Å². The molecule has 2 heterocycles. The van der Waals surface area contributed by atoms with Gasteiger partial charge >= 0.3 is 0 Å². The summed E-state index contributed by atoms with van der Waals surface area (Å²) >= 11 is 0. The van der Waals surface area contributed by atoms with Crippen LogP contribution in [-0.2, 0) is 19.4 Å². The van der Waals surface area contributed by atoms with Crippen LogP contribution in [0.3, 0.4) is 0 Å². The van der Waals surface area contributed by atoms with Gasteiger partial charge in [0.25, 0.3) is 11.5 Å². The Kier molecular flexibility index (Phi) is 3.72. The van der Waals surface area contributed by atoms with E-state index in [0.29, 0.717) is 13.1 Å². The molecule has 0 aliphatic heterocycles. The Hall–Kier alpha value is -2.57. The van der Waals surface area contributed by atoms with Crippen LogP contribution in [0.15, 0.2) is 29.3 Å². The summed E-state index contributed by atoms with van der Waals surface area (Å²) in [4.78, 5) is 31.4. The summed E-state index contributed by atoms with van der Waals surface area (Å²) in [6.45, 7) is 0.646. The van der Waals surface area contributed by atoms with Crippen molar-refractivity contribution in [3.05, 3.63) is 52.0 Å². The van der Waals surface area contributed by atoms with E-state index in [0.717, 1.165) is 30.5 Å². The van der Waals surface area contributed by atoms with Crippen LogP contribution in [0.5, 0.6) is 0 Å². The molecule has 1 aliphatic rings. The maximum Gasteiger partial charge on any atom is 0.289 e. The monoisotopic (exact) mass is 285 g/mol. The zero-order chi connectivity index (χ0) is 14.7. The van der Waals surface area contributed by atoms with E-state index in [4.69, 9.17) is 0 Å². The number of carbonyl (C=O) groups is 1. The maximum absolute atomic E-state index is 11.9. The summed E-state index contributed by atoms with van der Waals surface area (Å²) in [6, 6.07) is 3.29. The molecule has 2 aromatic rings. The molecule has 0 unspecified atom stereocenters. The predicted molar refractivity (Wildman–Crippen MR) is 74.9 cm³/mol. The van der Waals surface area contributed by atoms with Crippen LogP contribution in [0.25, 0.3) is 0 Å². The first kappa shape index (κ1) is 13.4. The standard InChI is InChI=1S/C14H15N5O2/c20-12-9-10-3-1-4-11(10)18-19(12)8-7-17-14(21)13-15-5-2-6-16-13/h2,5-6,9H,1,3-4,7-8H2,(H,17,21). The average Bonchev–Trinajstić information content (AvgIpc) is 2.95. The van der Waals surface area contributed by atoms with E-state index >= 15 is 0 Å². The van der Waals surface area contributed by atoms with Gasteiger partial charge in [0.05, 0.1) is 12.2 Å². The Labute approximate surface area is 121 Å². The molecule has 0 saturated carbocycles. The number of aromatic nitrogens is 4. The highest BCUT2D eigenvalue weighted by Crippen LogP contribution is 2.16. The number of nitrogens with zero attached hydrogens (tertiary/aromatic N) is 4. The molecule has 0 bridgehead atoms. The second-order valence-electron chi connectivity index (χ2n) is 4.86. The second kappa shape index (κ2) is 5.82. The lowest BCUT2D eigenvalue weighted by Crippen LogP contribution is -2.33. The Morgan fingerprint density at radius 1 is 1.29 bits per heavy atom. The minimum Gasteiger partial charge on any atom is -0.347 e. The number of amides is 1. The summed E-state index contributed by atoms with van der Waals surface area (Å²) in [5.74, 6) is -0.239. The highest BCUT2D eigenvalue weighted by Gasteiger charge is 2.14. The first-order chi connectivity index (χ1) is 10.2. The van der Waals surface area contributed by atoms with Gasteiger partial charge in [-0.15, -0.1) is 0 Å². The topological polar surface area (TPSA) is 89.8 Å². The van der Waals surface area contributed by atoms with Crippen LogP contribution in [0.1, 0.15) is 28.3 Å². The number of aryl methyl sites for hydroxylation is 2. The van der Waals surface area contributed by atoms with Gasteiger partial charge in [0.15, 0.2) is 0 Å². The van der Waals surface area contributed by atoms with E-state index in [1.807, 2.05) is 0 Å². The molecule has 1 amide bonds. The molecule has 108 valence electrons. The SMILES string of the molecule is O=C(NCCn1nc2c(cc1=O)CCC2)c1ncccn1. The third kappa shape index (κ3) is 2.96. The summed E-state index contributed by atoms with van der Waals surface area (Å²) in [5.41, 5.74) is 1.92. The van der Waals surface area contributed by atoms with Gasteiger partial charge < -0.3 is 5.32 Å². The van der Waals surface area contributed by atoms with E-state index in [-0.39, 0.29) is 17.3 Å². The number of hydrogen-bond acceptors (Lipinski definition) is 5. The van der Waals surface area contributed by atoms with Gasteiger partial charge in [-0.05, 0) is 30.9 Å². The van der Waals surface area contributed by atoms with Crippen LogP contribution >= 0.6 is 0 Å². The minimum atomic E-state index is -0.357. The molecule has 1 aliphatic carbocycles. The van der Waals surface area contributed by atoms with Crippen molar-refractivity contribution in [2.45, 2.75) is 25.8 Å². The van der Waals surface area contributed by atoms with Gasteiger partial charge in [0, 0.05) is 25.0 Å². The van der Waals surface area contributed by atoms with Crippen LogP contribution in [0.2, 0.25) is 0 Å². The fourth-order valence-corrected chi connectivity index (χ4v) is 2.37. The summed E-state index contributed by atoms with van der Waals surface area (Å²) in [6.07, 6.45) is 5.91. The lowest BCUT2D eigenvalue weighted by atomic mass is 10.2. The smallest absolute Gasteiger partial charge is 0.289 e. The van der Waals surface area contributed by atoms with Crippen molar-refractivity contribution in [2.24, 2.45) is 0 Å². The third-order valence-electron chi connectivity index (χ3n) is 3.40. The quantitative estimate of drug-likeness (QED) is 0.850. The lowest BCUT2D eigenvalue weighted by Gasteiger charge is -2.07. The van der Waals surface area contributed by atoms with Crippen molar-refractivity contribution in [1.82, 2.24) is 25.1 Å². The van der Waals surface area contributed by atoms with E-state index in [9.17, 15) is 9.59 Å². The fourth-order valence-electron chi connectivity index (χ4n) is 2.37. The molecular weight excluding hydrogens is 270 g/mol. The Bertz CT molecular complexity index is 711. The van der Waals surface area contributed by atoms with Crippen molar-refractivity contribution in [1.29, 1.82) is 0 Å². The van der Waals surface area contributed by atoms with E-state index in [1.165, 1.54) is 17.1 Å². The number of fused-ring (bicyclic) bond motifs is 1. The molecule has 0 radical (unpaired) electrons. The molecule has 2 aromatic heterocycles. The minimum absolute atomic E-state index is 0.117. The van der Waals surface area contributed by atoms with Crippen molar-refractivity contribution in [2.75, 3.05) is 6.54 Å². The summed E-state index contributed by atoms with van der Waals surface area (Å²) < 4.78 is 1.40. The van der Waals surface area contributed by atoms with E-state index in [2.05, 4.69) is 20.4 Å². The van der Waals surface area contributed by atoms with Gasteiger partial charge in [0.2, 0.25) is 5.82 Å². The number of nitrogens with one attached hydrogen (secondary N) is 1. The van der Waals surface area contributed by atoms with Gasteiger partial charge in [0.1, 0.15) is 0 Å². The van der Waals surface area contributed by atoms with Crippen molar-refractivity contribution in [3.8, 4) is 0 Å². The molecule has 0 atom stereocenters.